The molecule has 0 heterocycles. The van der Waals surface area contributed by atoms with Crippen molar-refractivity contribution in [2.45, 2.75) is 129 Å². The summed E-state index contributed by atoms with van der Waals surface area (Å²) >= 11 is 0. The van der Waals surface area contributed by atoms with Crippen LogP contribution in [0.2, 0.25) is 0 Å². The Morgan fingerprint density at radius 2 is 1.04 bits per heavy atom. The minimum atomic E-state index is -0.661. The van der Waals surface area contributed by atoms with E-state index in [1.807, 2.05) is 21.0 Å². The SMILES string of the molecule is CCCCCCCCCCCCCCCCCC(C)(C(=O)O)[N+](C)(C)CC. The van der Waals surface area contributed by atoms with E-state index < -0.39 is 11.5 Å². The summed E-state index contributed by atoms with van der Waals surface area (Å²) in [5.41, 5.74) is -0.661. The van der Waals surface area contributed by atoms with Gasteiger partial charge in [-0.15, -0.1) is 0 Å². The molecule has 3 heteroatoms. The first-order chi connectivity index (χ1) is 12.8. The number of hydrogen-bond donors (Lipinski definition) is 1. The smallest absolute Gasteiger partial charge is 0.365 e. The molecule has 0 aromatic heterocycles. The second kappa shape index (κ2) is 15.4. The molecule has 27 heavy (non-hydrogen) atoms. The van der Waals surface area contributed by atoms with E-state index in [9.17, 15) is 9.90 Å². The van der Waals surface area contributed by atoms with Gasteiger partial charge in [0.2, 0.25) is 0 Å². The van der Waals surface area contributed by atoms with Crippen LogP contribution in [-0.4, -0.2) is 41.7 Å². The molecule has 0 aromatic carbocycles. The topological polar surface area (TPSA) is 37.3 Å². The lowest BCUT2D eigenvalue weighted by Gasteiger charge is -2.43. The Bertz CT molecular complexity index is 367. The van der Waals surface area contributed by atoms with E-state index in [1.165, 1.54) is 89.9 Å². The molecule has 0 amide bonds. The van der Waals surface area contributed by atoms with Crippen LogP contribution < -0.4 is 0 Å². The van der Waals surface area contributed by atoms with Crippen LogP contribution in [0, 0.1) is 0 Å². The highest BCUT2D eigenvalue weighted by atomic mass is 16.4. The maximum atomic E-state index is 11.8. The summed E-state index contributed by atoms with van der Waals surface area (Å²) in [6, 6.07) is 0. The van der Waals surface area contributed by atoms with Crippen LogP contribution in [0.15, 0.2) is 0 Å². The lowest BCUT2D eigenvalue weighted by atomic mass is 9.90. The Labute approximate surface area is 170 Å². The Morgan fingerprint density at radius 1 is 0.704 bits per heavy atom. The van der Waals surface area contributed by atoms with Crippen molar-refractivity contribution in [3.8, 4) is 0 Å². The van der Waals surface area contributed by atoms with Gasteiger partial charge >= 0.3 is 5.97 Å². The van der Waals surface area contributed by atoms with Gasteiger partial charge in [-0.2, -0.15) is 0 Å². The number of unbranched alkanes of at least 4 members (excludes halogenated alkanes) is 14. The van der Waals surface area contributed by atoms with Crippen molar-refractivity contribution in [1.82, 2.24) is 0 Å². The van der Waals surface area contributed by atoms with Crippen LogP contribution in [0.1, 0.15) is 124 Å². The van der Waals surface area contributed by atoms with Gasteiger partial charge in [-0.05, 0) is 13.3 Å². The molecular formula is C24H50NO2+. The van der Waals surface area contributed by atoms with E-state index in [0.717, 1.165) is 19.4 Å². The van der Waals surface area contributed by atoms with E-state index in [-0.39, 0.29) is 0 Å². The number of rotatable bonds is 19. The van der Waals surface area contributed by atoms with Crippen molar-refractivity contribution in [1.29, 1.82) is 0 Å². The Balaban J connectivity index is 3.58. The van der Waals surface area contributed by atoms with Crippen LogP contribution in [0.4, 0.5) is 0 Å². The maximum Gasteiger partial charge on any atom is 0.365 e. The molecule has 0 aliphatic heterocycles. The standard InChI is InChI=1S/C24H49NO2/c1-6-8-9-10-11-12-13-14-15-16-17-18-19-20-21-22-24(3,23(26)27)25(4,5)7-2/h6-22H2,1-5H3/p+1. The summed E-state index contributed by atoms with van der Waals surface area (Å²) < 4.78 is 0.556. The molecule has 0 aliphatic rings. The molecule has 0 rings (SSSR count). The van der Waals surface area contributed by atoms with E-state index >= 15 is 0 Å². The Hall–Kier alpha value is -0.570. The number of carboxylic acids is 1. The number of quaternary nitrogens is 1. The minimum absolute atomic E-state index is 0.556. The van der Waals surface area contributed by atoms with Gasteiger partial charge in [0.1, 0.15) is 0 Å². The fourth-order valence-corrected chi connectivity index (χ4v) is 3.86. The molecule has 0 spiro atoms. The molecule has 0 aliphatic carbocycles. The van der Waals surface area contributed by atoms with Gasteiger partial charge in [0.15, 0.2) is 5.54 Å². The van der Waals surface area contributed by atoms with Gasteiger partial charge < -0.3 is 9.59 Å². The fourth-order valence-electron chi connectivity index (χ4n) is 3.86. The molecule has 3 nitrogen and oxygen atoms in total. The molecule has 0 bridgehead atoms. The highest BCUT2D eigenvalue weighted by molar-refractivity contribution is 5.76. The van der Waals surface area contributed by atoms with Gasteiger partial charge in [-0.1, -0.05) is 96.8 Å². The van der Waals surface area contributed by atoms with Crippen molar-refractivity contribution < 1.29 is 14.4 Å². The summed E-state index contributed by atoms with van der Waals surface area (Å²) in [7, 11) is 4.08. The largest absolute Gasteiger partial charge is 0.477 e. The first kappa shape index (κ1) is 26.4. The van der Waals surface area contributed by atoms with Crippen LogP contribution in [0.5, 0.6) is 0 Å². The third-order valence-corrected chi connectivity index (χ3v) is 6.85. The van der Waals surface area contributed by atoms with Crippen molar-refractivity contribution >= 4 is 5.97 Å². The van der Waals surface area contributed by atoms with Crippen molar-refractivity contribution in [3.63, 3.8) is 0 Å². The highest BCUT2D eigenvalue weighted by Crippen LogP contribution is 2.27. The number of hydrogen-bond acceptors (Lipinski definition) is 1. The molecular weight excluding hydrogens is 334 g/mol. The molecule has 0 radical (unpaired) electrons. The van der Waals surface area contributed by atoms with Gasteiger partial charge in [0.05, 0.1) is 20.6 Å². The number of nitrogens with zero attached hydrogens (tertiary/aromatic N) is 1. The summed E-state index contributed by atoms with van der Waals surface area (Å²) in [6.45, 7) is 7.12. The van der Waals surface area contributed by atoms with Gasteiger partial charge in [0.25, 0.3) is 0 Å². The molecule has 1 N–H and O–H groups in total. The summed E-state index contributed by atoms with van der Waals surface area (Å²) in [5, 5.41) is 9.70. The quantitative estimate of drug-likeness (QED) is 0.189. The third kappa shape index (κ3) is 11.1. The van der Waals surface area contributed by atoms with Gasteiger partial charge in [-0.25, -0.2) is 4.79 Å². The van der Waals surface area contributed by atoms with Crippen LogP contribution >= 0.6 is 0 Å². The van der Waals surface area contributed by atoms with Crippen molar-refractivity contribution in [2.24, 2.45) is 0 Å². The average Bonchev–Trinajstić information content (AvgIpc) is 2.64. The average molecular weight is 385 g/mol. The first-order valence-electron chi connectivity index (χ1n) is 11.9. The predicted molar refractivity (Wildman–Crippen MR) is 118 cm³/mol. The molecule has 1 unspecified atom stereocenters. The van der Waals surface area contributed by atoms with Crippen LogP contribution in [0.3, 0.4) is 0 Å². The number of aliphatic carboxylic acids is 1. The summed E-state index contributed by atoms with van der Waals surface area (Å²) in [6.07, 6.45) is 21.0. The summed E-state index contributed by atoms with van der Waals surface area (Å²) in [5.74, 6) is -0.653. The van der Waals surface area contributed by atoms with Gasteiger partial charge in [0, 0.05) is 13.3 Å². The molecule has 1 atom stereocenters. The molecule has 162 valence electrons. The zero-order valence-corrected chi connectivity index (χ0v) is 19.3. The van der Waals surface area contributed by atoms with E-state index in [1.54, 1.807) is 0 Å². The zero-order chi connectivity index (χ0) is 20.6. The number of carboxylic acid groups (broad SMARTS) is 1. The van der Waals surface area contributed by atoms with E-state index in [4.69, 9.17) is 0 Å². The van der Waals surface area contributed by atoms with Crippen LogP contribution in [0.25, 0.3) is 0 Å². The maximum absolute atomic E-state index is 11.8. The normalized spacial score (nSPS) is 14.3. The van der Waals surface area contributed by atoms with E-state index in [0.29, 0.717) is 4.48 Å². The fraction of sp³-hybridized carbons (Fsp3) is 0.958. The van der Waals surface area contributed by atoms with Crippen molar-refractivity contribution in [3.05, 3.63) is 0 Å². The monoisotopic (exact) mass is 384 g/mol. The Kier molecular flexibility index (Phi) is 15.0. The number of carbonyl (C=O) groups is 1. The Morgan fingerprint density at radius 3 is 1.33 bits per heavy atom. The lowest BCUT2D eigenvalue weighted by Crippen LogP contribution is -2.62. The molecule has 0 saturated heterocycles. The van der Waals surface area contributed by atoms with Gasteiger partial charge in [-0.3, -0.25) is 0 Å². The van der Waals surface area contributed by atoms with Crippen molar-refractivity contribution in [2.75, 3.05) is 20.6 Å². The van der Waals surface area contributed by atoms with Crippen LogP contribution in [-0.2, 0) is 4.79 Å². The lowest BCUT2D eigenvalue weighted by molar-refractivity contribution is -0.929. The minimum Gasteiger partial charge on any atom is -0.477 e. The molecule has 0 aromatic rings. The number of likely N-dealkylation sites (N-methyl/N-ethyl adjacent to an activating group) is 1. The molecule has 0 saturated carbocycles. The molecule has 0 fully saturated rings. The van der Waals surface area contributed by atoms with E-state index in [2.05, 4.69) is 13.8 Å². The predicted octanol–water partition coefficient (Wildman–Crippen LogP) is 7.19. The third-order valence-electron chi connectivity index (χ3n) is 6.85. The summed E-state index contributed by atoms with van der Waals surface area (Å²) in [4.78, 5) is 11.8. The second-order valence-electron chi connectivity index (χ2n) is 9.28. The zero-order valence-electron chi connectivity index (χ0n) is 19.3. The highest BCUT2D eigenvalue weighted by Gasteiger charge is 2.46. The first-order valence-corrected chi connectivity index (χ1v) is 11.9. The second-order valence-corrected chi connectivity index (χ2v) is 9.28.